The maximum Gasteiger partial charge on any atom is 0.000577 e. The van der Waals surface area contributed by atoms with E-state index >= 15 is 0 Å². The van der Waals surface area contributed by atoms with Crippen LogP contribution >= 0.6 is 0 Å². The van der Waals surface area contributed by atoms with Crippen LogP contribution in [0.4, 0.5) is 0 Å². The summed E-state index contributed by atoms with van der Waals surface area (Å²) in [5, 5.41) is 3.34. The van der Waals surface area contributed by atoms with Crippen LogP contribution in [0.1, 0.15) is 36.0 Å². The van der Waals surface area contributed by atoms with Crippen molar-refractivity contribution in [3.05, 3.63) is 34.9 Å². The van der Waals surface area contributed by atoms with Gasteiger partial charge in [0.15, 0.2) is 0 Å². The average molecular weight is 215 g/mol. The zero-order valence-corrected chi connectivity index (χ0v) is 10.6. The first-order valence-corrected chi connectivity index (χ1v) is 6.32. The molecule has 4 rings (SSSR count). The van der Waals surface area contributed by atoms with E-state index in [-0.39, 0.29) is 0 Å². The lowest BCUT2D eigenvalue weighted by Crippen LogP contribution is -2.67. The van der Waals surface area contributed by atoms with Crippen LogP contribution in [-0.2, 0) is 5.41 Å². The first-order chi connectivity index (χ1) is 7.59. The SMILES string of the molecule is CNCC12CC(c3ccc(C)cc3C)(C1)C2. The van der Waals surface area contributed by atoms with E-state index in [1.807, 2.05) is 0 Å². The molecule has 0 atom stereocenters. The molecule has 0 amide bonds. The van der Waals surface area contributed by atoms with Gasteiger partial charge in [-0.25, -0.2) is 0 Å². The molecular formula is C15H21N. The summed E-state index contributed by atoms with van der Waals surface area (Å²) in [6, 6.07) is 6.97. The molecule has 0 aliphatic heterocycles. The number of aryl methyl sites for hydroxylation is 2. The fraction of sp³-hybridized carbons (Fsp3) is 0.600. The van der Waals surface area contributed by atoms with Gasteiger partial charge in [-0.1, -0.05) is 23.8 Å². The number of hydrogen-bond donors (Lipinski definition) is 1. The summed E-state index contributed by atoms with van der Waals surface area (Å²) >= 11 is 0. The van der Waals surface area contributed by atoms with Gasteiger partial charge < -0.3 is 5.32 Å². The van der Waals surface area contributed by atoms with Gasteiger partial charge in [-0.3, -0.25) is 0 Å². The zero-order chi connectivity index (χ0) is 11.4. The highest BCUT2D eigenvalue weighted by molar-refractivity contribution is 5.44. The van der Waals surface area contributed by atoms with E-state index < -0.39 is 0 Å². The van der Waals surface area contributed by atoms with Gasteiger partial charge in [0.2, 0.25) is 0 Å². The van der Waals surface area contributed by atoms with Gasteiger partial charge in [0.1, 0.15) is 0 Å². The van der Waals surface area contributed by atoms with Crippen molar-refractivity contribution in [2.75, 3.05) is 13.6 Å². The monoisotopic (exact) mass is 215 g/mol. The van der Waals surface area contributed by atoms with E-state index in [0.29, 0.717) is 10.8 Å². The Kier molecular flexibility index (Phi) is 2.00. The van der Waals surface area contributed by atoms with Crippen molar-refractivity contribution in [1.29, 1.82) is 0 Å². The van der Waals surface area contributed by atoms with Gasteiger partial charge in [0, 0.05) is 6.54 Å². The molecule has 86 valence electrons. The average Bonchev–Trinajstić information content (AvgIpc) is 2.10. The third kappa shape index (κ3) is 1.21. The summed E-state index contributed by atoms with van der Waals surface area (Å²) in [5.41, 5.74) is 5.73. The van der Waals surface area contributed by atoms with Crippen LogP contribution in [0, 0.1) is 19.3 Å². The number of rotatable bonds is 3. The summed E-state index contributed by atoms with van der Waals surface area (Å²) in [6.07, 6.45) is 4.22. The molecule has 16 heavy (non-hydrogen) atoms. The molecule has 3 saturated carbocycles. The minimum absolute atomic E-state index is 0.564. The summed E-state index contributed by atoms with van der Waals surface area (Å²) in [5.74, 6) is 0. The topological polar surface area (TPSA) is 12.0 Å². The lowest BCUT2D eigenvalue weighted by molar-refractivity contribution is -0.137. The van der Waals surface area contributed by atoms with E-state index in [0.717, 1.165) is 0 Å². The molecule has 1 nitrogen and oxygen atoms in total. The normalized spacial score (nSPS) is 35.4. The zero-order valence-electron chi connectivity index (χ0n) is 10.6. The largest absolute Gasteiger partial charge is 0.319 e. The second-order valence-corrected chi connectivity index (χ2v) is 6.16. The Balaban J connectivity index is 1.82. The minimum Gasteiger partial charge on any atom is -0.319 e. The smallest absolute Gasteiger partial charge is 0.000577 e. The lowest BCUT2D eigenvalue weighted by Gasteiger charge is -2.71. The summed E-state index contributed by atoms with van der Waals surface area (Å²) < 4.78 is 0. The van der Waals surface area contributed by atoms with Crippen LogP contribution in [0.3, 0.4) is 0 Å². The molecule has 1 aromatic carbocycles. The Morgan fingerprint density at radius 2 is 1.88 bits per heavy atom. The van der Waals surface area contributed by atoms with E-state index in [1.54, 1.807) is 5.56 Å². The molecule has 0 saturated heterocycles. The molecule has 0 unspecified atom stereocenters. The highest BCUT2D eigenvalue weighted by Crippen LogP contribution is 2.73. The van der Waals surface area contributed by atoms with Gasteiger partial charge in [0.05, 0.1) is 0 Å². The Bertz CT molecular complexity index is 413. The number of nitrogens with one attached hydrogen (secondary N) is 1. The van der Waals surface area contributed by atoms with E-state index in [4.69, 9.17) is 0 Å². The standard InChI is InChI=1S/C15H21N/c1-11-4-5-13(12(2)6-11)15-7-14(8-15,9-15)10-16-3/h4-6,16H,7-10H2,1-3H3. The predicted octanol–water partition coefficient (Wildman–Crippen LogP) is 2.94. The van der Waals surface area contributed by atoms with Gasteiger partial charge >= 0.3 is 0 Å². The van der Waals surface area contributed by atoms with Crippen LogP contribution in [0.15, 0.2) is 18.2 Å². The Morgan fingerprint density at radius 3 is 2.44 bits per heavy atom. The second-order valence-electron chi connectivity index (χ2n) is 6.16. The molecule has 0 heterocycles. The van der Waals surface area contributed by atoms with Crippen molar-refractivity contribution in [1.82, 2.24) is 5.32 Å². The molecule has 3 aliphatic rings. The first-order valence-electron chi connectivity index (χ1n) is 6.32. The van der Waals surface area contributed by atoms with Gasteiger partial charge in [0.25, 0.3) is 0 Å². The van der Waals surface area contributed by atoms with E-state index in [1.165, 1.54) is 36.9 Å². The molecule has 0 radical (unpaired) electrons. The fourth-order valence-corrected chi connectivity index (χ4v) is 4.25. The van der Waals surface area contributed by atoms with Crippen LogP contribution in [0.2, 0.25) is 0 Å². The van der Waals surface area contributed by atoms with Crippen LogP contribution in [-0.4, -0.2) is 13.6 Å². The molecule has 0 spiro atoms. The molecule has 2 bridgehead atoms. The maximum atomic E-state index is 3.34. The summed E-state index contributed by atoms with van der Waals surface area (Å²) in [6.45, 7) is 5.66. The number of hydrogen-bond acceptors (Lipinski definition) is 1. The highest BCUT2D eigenvalue weighted by Gasteiger charge is 2.67. The third-order valence-electron chi connectivity index (χ3n) is 4.65. The van der Waals surface area contributed by atoms with Crippen molar-refractivity contribution in [2.45, 2.75) is 38.5 Å². The van der Waals surface area contributed by atoms with Crippen molar-refractivity contribution in [3.63, 3.8) is 0 Å². The molecule has 3 aliphatic carbocycles. The third-order valence-corrected chi connectivity index (χ3v) is 4.65. The highest BCUT2D eigenvalue weighted by atomic mass is 14.9. The molecule has 1 N–H and O–H groups in total. The molecule has 1 aromatic rings. The number of benzene rings is 1. The van der Waals surface area contributed by atoms with Crippen molar-refractivity contribution < 1.29 is 0 Å². The second kappa shape index (κ2) is 3.10. The lowest BCUT2D eigenvalue weighted by atomic mass is 9.33. The van der Waals surface area contributed by atoms with E-state index in [9.17, 15) is 0 Å². The van der Waals surface area contributed by atoms with Gasteiger partial charge in [-0.05, 0) is 62.1 Å². The quantitative estimate of drug-likeness (QED) is 0.817. The Morgan fingerprint density at radius 1 is 1.19 bits per heavy atom. The fourth-order valence-electron chi connectivity index (χ4n) is 4.25. The van der Waals surface area contributed by atoms with E-state index in [2.05, 4.69) is 44.4 Å². The summed E-state index contributed by atoms with van der Waals surface area (Å²) in [7, 11) is 2.07. The predicted molar refractivity (Wildman–Crippen MR) is 67.8 cm³/mol. The van der Waals surface area contributed by atoms with Crippen LogP contribution in [0.25, 0.3) is 0 Å². The Labute approximate surface area is 98.3 Å². The van der Waals surface area contributed by atoms with Crippen LogP contribution in [0.5, 0.6) is 0 Å². The van der Waals surface area contributed by atoms with Crippen molar-refractivity contribution >= 4 is 0 Å². The van der Waals surface area contributed by atoms with Crippen molar-refractivity contribution in [3.8, 4) is 0 Å². The molecule has 0 aromatic heterocycles. The molecule has 1 heteroatoms. The maximum absolute atomic E-state index is 3.34. The first kappa shape index (κ1) is 10.3. The van der Waals surface area contributed by atoms with Gasteiger partial charge in [-0.15, -0.1) is 0 Å². The van der Waals surface area contributed by atoms with Crippen molar-refractivity contribution in [2.24, 2.45) is 5.41 Å². The van der Waals surface area contributed by atoms with Crippen LogP contribution < -0.4 is 5.32 Å². The minimum atomic E-state index is 0.564. The summed E-state index contributed by atoms with van der Waals surface area (Å²) in [4.78, 5) is 0. The molecule has 3 fully saturated rings. The Hall–Kier alpha value is -0.820. The molecular weight excluding hydrogens is 194 g/mol. The van der Waals surface area contributed by atoms with Gasteiger partial charge in [-0.2, -0.15) is 0 Å².